The van der Waals surface area contributed by atoms with Crippen molar-refractivity contribution in [2.24, 2.45) is 0 Å². The lowest BCUT2D eigenvalue weighted by Crippen LogP contribution is -2.06. The zero-order chi connectivity index (χ0) is 11.5. The van der Waals surface area contributed by atoms with Gasteiger partial charge in [0.05, 0.1) is 6.20 Å². The van der Waals surface area contributed by atoms with Gasteiger partial charge in [0.25, 0.3) is 0 Å². The Morgan fingerprint density at radius 2 is 2.19 bits per heavy atom. The lowest BCUT2D eigenvalue weighted by atomic mass is 10.1. The maximum Gasteiger partial charge on any atom is 0.189 e. The molecule has 6 heteroatoms. The fourth-order valence-electron chi connectivity index (χ4n) is 1.28. The van der Waals surface area contributed by atoms with Gasteiger partial charge in [0.15, 0.2) is 5.78 Å². The maximum atomic E-state index is 13.2. The number of benzene rings is 1. The molecule has 0 spiro atoms. The molecular weight excluding hydrogens is 216 g/mol. The summed E-state index contributed by atoms with van der Waals surface area (Å²) in [5.74, 6) is -1.61. The van der Waals surface area contributed by atoms with Crippen LogP contribution in [0.1, 0.15) is 16.1 Å². The smallest absolute Gasteiger partial charge is 0.189 e. The van der Waals surface area contributed by atoms with Crippen molar-refractivity contribution in [3.63, 3.8) is 0 Å². The molecule has 0 atom stereocenters. The van der Waals surface area contributed by atoms with E-state index in [9.17, 15) is 13.6 Å². The fourth-order valence-corrected chi connectivity index (χ4v) is 1.28. The molecular formula is C10H7F2N3O. The van der Waals surface area contributed by atoms with E-state index in [2.05, 4.69) is 15.4 Å². The van der Waals surface area contributed by atoms with Gasteiger partial charge in [-0.2, -0.15) is 15.4 Å². The van der Waals surface area contributed by atoms with Gasteiger partial charge in [-0.05, 0) is 23.8 Å². The molecule has 0 bridgehead atoms. The first-order valence-electron chi connectivity index (χ1n) is 4.49. The Morgan fingerprint density at radius 1 is 1.38 bits per heavy atom. The van der Waals surface area contributed by atoms with E-state index in [1.807, 2.05) is 0 Å². The average molecular weight is 223 g/mol. The van der Waals surface area contributed by atoms with Gasteiger partial charge in [0.2, 0.25) is 0 Å². The van der Waals surface area contributed by atoms with Crippen molar-refractivity contribution in [2.45, 2.75) is 6.42 Å². The second-order valence-electron chi connectivity index (χ2n) is 3.19. The number of H-pyrrole nitrogens is 1. The van der Waals surface area contributed by atoms with Crippen LogP contribution in [-0.2, 0) is 6.42 Å². The van der Waals surface area contributed by atoms with Gasteiger partial charge in [0.1, 0.15) is 17.3 Å². The molecule has 0 saturated carbocycles. The summed E-state index contributed by atoms with van der Waals surface area (Å²) in [4.78, 5) is 11.5. The van der Waals surface area contributed by atoms with Gasteiger partial charge >= 0.3 is 0 Å². The van der Waals surface area contributed by atoms with Crippen LogP contribution in [0, 0.1) is 11.6 Å². The van der Waals surface area contributed by atoms with Crippen LogP contribution in [0.3, 0.4) is 0 Å². The molecule has 16 heavy (non-hydrogen) atoms. The van der Waals surface area contributed by atoms with Crippen LogP contribution >= 0.6 is 0 Å². The summed E-state index contributed by atoms with van der Waals surface area (Å²) in [5.41, 5.74) is 0.108. The Balaban J connectivity index is 2.21. The van der Waals surface area contributed by atoms with Crippen LogP contribution in [0.25, 0.3) is 0 Å². The molecule has 0 aliphatic heterocycles. The average Bonchev–Trinajstić information content (AvgIpc) is 2.76. The molecule has 0 fully saturated rings. The minimum atomic E-state index is -0.613. The van der Waals surface area contributed by atoms with E-state index in [1.165, 1.54) is 6.20 Å². The van der Waals surface area contributed by atoms with Crippen LogP contribution < -0.4 is 0 Å². The largest absolute Gasteiger partial charge is 0.292 e. The molecule has 1 aromatic carbocycles. The third-order valence-electron chi connectivity index (χ3n) is 2.06. The van der Waals surface area contributed by atoms with Crippen LogP contribution in [0.4, 0.5) is 8.78 Å². The molecule has 0 saturated heterocycles. The van der Waals surface area contributed by atoms with E-state index in [4.69, 9.17) is 0 Å². The molecule has 2 aromatic rings. The minimum absolute atomic E-state index is 0.00741. The van der Waals surface area contributed by atoms with E-state index in [0.29, 0.717) is 0 Å². The first-order chi connectivity index (χ1) is 7.66. The number of Topliss-reactive ketones (excluding diaryl/α,β-unsaturated/α-hetero) is 1. The summed E-state index contributed by atoms with van der Waals surface area (Å²) < 4.78 is 26.0. The highest BCUT2D eigenvalue weighted by Crippen LogP contribution is 2.12. The Labute approximate surface area is 89.3 Å². The third kappa shape index (κ3) is 2.10. The molecule has 1 heterocycles. The van der Waals surface area contributed by atoms with E-state index < -0.39 is 17.4 Å². The van der Waals surface area contributed by atoms with Gasteiger partial charge in [-0.3, -0.25) is 4.79 Å². The van der Waals surface area contributed by atoms with Crippen molar-refractivity contribution >= 4 is 5.78 Å². The summed E-state index contributed by atoms with van der Waals surface area (Å²) >= 11 is 0. The normalized spacial score (nSPS) is 10.4. The number of rotatable bonds is 3. The first kappa shape index (κ1) is 10.4. The van der Waals surface area contributed by atoms with Crippen LogP contribution in [0.5, 0.6) is 0 Å². The molecule has 0 amide bonds. The van der Waals surface area contributed by atoms with E-state index in [-0.39, 0.29) is 17.7 Å². The number of nitrogens with one attached hydrogen (secondary N) is 1. The zero-order valence-electron chi connectivity index (χ0n) is 8.08. The monoisotopic (exact) mass is 223 g/mol. The number of aromatic nitrogens is 3. The molecule has 1 N–H and O–H groups in total. The Hall–Kier alpha value is -2.11. The highest BCUT2D eigenvalue weighted by molar-refractivity contribution is 5.95. The zero-order valence-corrected chi connectivity index (χ0v) is 8.08. The Bertz CT molecular complexity index is 511. The predicted molar refractivity (Wildman–Crippen MR) is 50.8 cm³/mol. The lowest BCUT2D eigenvalue weighted by Gasteiger charge is -2.00. The summed E-state index contributed by atoms with van der Waals surface area (Å²) in [6.07, 6.45) is 0.996. The Kier molecular flexibility index (Phi) is 2.72. The van der Waals surface area contributed by atoms with Gasteiger partial charge in [0, 0.05) is 6.42 Å². The molecule has 82 valence electrons. The number of nitrogens with zero attached hydrogens (tertiary/aromatic N) is 2. The van der Waals surface area contributed by atoms with Crippen LogP contribution in [-0.4, -0.2) is 21.2 Å². The van der Waals surface area contributed by atoms with Crippen molar-refractivity contribution in [2.75, 3.05) is 0 Å². The Morgan fingerprint density at radius 3 is 2.88 bits per heavy atom. The standard InChI is InChI=1S/C10H7F2N3O/c11-7-1-2-8(12)6(3-7)4-10(16)9-5-13-15-14-9/h1-3,5H,4H2,(H,13,14,15). The number of carbonyl (C=O) groups is 1. The lowest BCUT2D eigenvalue weighted by molar-refractivity contribution is 0.0987. The molecule has 4 nitrogen and oxygen atoms in total. The van der Waals surface area contributed by atoms with Crippen molar-refractivity contribution in [3.8, 4) is 0 Å². The van der Waals surface area contributed by atoms with Crippen molar-refractivity contribution < 1.29 is 13.6 Å². The van der Waals surface area contributed by atoms with E-state index >= 15 is 0 Å². The second-order valence-corrected chi connectivity index (χ2v) is 3.19. The quantitative estimate of drug-likeness (QED) is 0.802. The number of halogens is 2. The van der Waals surface area contributed by atoms with Crippen molar-refractivity contribution in [1.82, 2.24) is 15.4 Å². The van der Waals surface area contributed by atoms with Gasteiger partial charge in [-0.1, -0.05) is 0 Å². The second kappa shape index (κ2) is 4.18. The van der Waals surface area contributed by atoms with Crippen LogP contribution in [0.15, 0.2) is 24.4 Å². The molecule has 1 aromatic heterocycles. The topological polar surface area (TPSA) is 58.6 Å². The molecule has 0 unspecified atom stereocenters. The summed E-state index contributed by atoms with van der Waals surface area (Å²) in [6.45, 7) is 0. The number of hydrogen-bond acceptors (Lipinski definition) is 3. The number of hydrogen-bond donors (Lipinski definition) is 1. The number of aromatic amines is 1. The minimum Gasteiger partial charge on any atom is -0.292 e. The molecule has 0 aliphatic rings. The van der Waals surface area contributed by atoms with E-state index in [1.54, 1.807) is 0 Å². The fraction of sp³-hybridized carbons (Fsp3) is 0.100. The van der Waals surface area contributed by atoms with Gasteiger partial charge in [-0.25, -0.2) is 8.78 Å². The van der Waals surface area contributed by atoms with Gasteiger partial charge < -0.3 is 0 Å². The molecule has 0 aliphatic carbocycles. The first-order valence-corrected chi connectivity index (χ1v) is 4.49. The van der Waals surface area contributed by atoms with Crippen molar-refractivity contribution in [1.29, 1.82) is 0 Å². The third-order valence-corrected chi connectivity index (χ3v) is 2.06. The summed E-state index contributed by atoms with van der Waals surface area (Å²) in [5, 5.41) is 9.30. The van der Waals surface area contributed by atoms with Crippen LogP contribution in [0.2, 0.25) is 0 Å². The molecule has 0 radical (unpaired) electrons. The predicted octanol–water partition coefficient (Wildman–Crippen LogP) is 1.51. The maximum absolute atomic E-state index is 13.2. The molecule has 2 rings (SSSR count). The van der Waals surface area contributed by atoms with E-state index in [0.717, 1.165) is 18.2 Å². The number of ketones is 1. The van der Waals surface area contributed by atoms with Crippen molar-refractivity contribution in [3.05, 3.63) is 47.3 Å². The van der Waals surface area contributed by atoms with Gasteiger partial charge in [-0.15, -0.1) is 0 Å². The highest BCUT2D eigenvalue weighted by Gasteiger charge is 2.13. The number of carbonyl (C=O) groups excluding carboxylic acids is 1. The highest BCUT2D eigenvalue weighted by atomic mass is 19.1. The summed E-state index contributed by atoms with van der Waals surface area (Å²) in [7, 11) is 0. The summed E-state index contributed by atoms with van der Waals surface area (Å²) in [6, 6.07) is 2.98. The SMILES string of the molecule is O=C(Cc1cc(F)ccc1F)c1cn[nH]n1.